The van der Waals surface area contributed by atoms with E-state index in [1.165, 1.54) is 23.9 Å². The monoisotopic (exact) mass is 340 g/mol. The summed E-state index contributed by atoms with van der Waals surface area (Å²) in [6.07, 6.45) is 0.454. The summed E-state index contributed by atoms with van der Waals surface area (Å²) < 4.78 is 0. The van der Waals surface area contributed by atoms with Gasteiger partial charge in [-0.25, -0.2) is 0 Å². The third-order valence-corrected chi connectivity index (χ3v) is 4.36. The third-order valence-electron chi connectivity index (χ3n) is 4.36. The van der Waals surface area contributed by atoms with Crippen molar-refractivity contribution in [1.82, 2.24) is 20.4 Å². The van der Waals surface area contributed by atoms with Gasteiger partial charge in [0, 0.05) is 14.1 Å². The van der Waals surface area contributed by atoms with Gasteiger partial charge >= 0.3 is 0 Å². The Morgan fingerprint density at radius 1 is 1.00 bits per heavy atom. The first-order valence-corrected chi connectivity index (χ1v) is 8.16. The Morgan fingerprint density at radius 2 is 1.54 bits per heavy atom. The molecule has 0 bridgehead atoms. The number of nitrogens with one attached hydrogen (secondary N) is 2. The van der Waals surface area contributed by atoms with Crippen molar-refractivity contribution < 1.29 is 19.2 Å². The lowest BCUT2D eigenvalue weighted by Crippen LogP contribution is -2.58. The highest BCUT2D eigenvalue weighted by atomic mass is 16.2. The molecule has 4 amide bonds. The summed E-state index contributed by atoms with van der Waals surface area (Å²) in [7, 11) is 3.05. The number of carbonyl (C=O) groups excluding carboxylic acids is 4. The molecule has 0 spiro atoms. The van der Waals surface area contributed by atoms with Crippen molar-refractivity contribution in [2.24, 2.45) is 5.92 Å². The van der Waals surface area contributed by atoms with Crippen molar-refractivity contribution in [2.75, 3.05) is 20.6 Å². The van der Waals surface area contributed by atoms with Gasteiger partial charge in [0.05, 0.1) is 6.54 Å². The molecule has 24 heavy (non-hydrogen) atoms. The Balaban J connectivity index is 3.13. The van der Waals surface area contributed by atoms with Crippen LogP contribution in [0.25, 0.3) is 0 Å². The molecule has 0 aliphatic carbocycles. The molecule has 0 aromatic carbocycles. The molecular weight excluding hydrogens is 312 g/mol. The molecule has 0 aromatic rings. The molecule has 0 aromatic heterocycles. The zero-order chi connectivity index (χ0) is 18.6. The van der Waals surface area contributed by atoms with Gasteiger partial charge < -0.3 is 20.4 Å². The van der Waals surface area contributed by atoms with E-state index in [0.29, 0.717) is 6.42 Å². The third kappa shape index (κ3) is 4.69. The van der Waals surface area contributed by atoms with Crippen LogP contribution in [0.1, 0.15) is 34.1 Å². The number of carbonyl (C=O) groups is 4. The number of nitrogens with zero attached hydrogens (tertiary/aromatic N) is 2. The van der Waals surface area contributed by atoms with E-state index >= 15 is 0 Å². The van der Waals surface area contributed by atoms with Crippen LogP contribution in [-0.2, 0) is 19.2 Å². The average molecular weight is 340 g/mol. The summed E-state index contributed by atoms with van der Waals surface area (Å²) in [4.78, 5) is 52.0. The molecule has 0 radical (unpaired) electrons. The van der Waals surface area contributed by atoms with E-state index in [2.05, 4.69) is 10.6 Å². The number of likely N-dealkylation sites (N-methyl/N-ethyl adjacent to an activating group) is 2. The summed E-state index contributed by atoms with van der Waals surface area (Å²) in [5.74, 6) is -1.30. The van der Waals surface area contributed by atoms with Crippen molar-refractivity contribution in [3.63, 3.8) is 0 Å². The molecule has 8 heteroatoms. The molecule has 8 nitrogen and oxygen atoms in total. The van der Waals surface area contributed by atoms with Crippen molar-refractivity contribution in [1.29, 1.82) is 0 Å². The zero-order valence-electron chi connectivity index (χ0n) is 15.3. The fourth-order valence-corrected chi connectivity index (χ4v) is 2.52. The van der Waals surface area contributed by atoms with E-state index in [9.17, 15) is 19.2 Å². The van der Waals surface area contributed by atoms with Crippen molar-refractivity contribution in [2.45, 2.75) is 52.2 Å². The molecular formula is C16H28N4O4. The Morgan fingerprint density at radius 3 is 2.08 bits per heavy atom. The summed E-state index contributed by atoms with van der Waals surface area (Å²) >= 11 is 0. The van der Waals surface area contributed by atoms with E-state index in [1.807, 2.05) is 13.8 Å². The van der Waals surface area contributed by atoms with Crippen LogP contribution in [0.3, 0.4) is 0 Å². The van der Waals surface area contributed by atoms with Gasteiger partial charge in [0.15, 0.2) is 0 Å². The first-order valence-electron chi connectivity index (χ1n) is 8.16. The molecule has 1 aliphatic rings. The van der Waals surface area contributed by atoms with E-state index in [-0.39, 0.29) is 24.3 Å². The molecule has 1 saturated heterocycles. The van der Waals surface area contributed by atoms with Gasteiger partial charge in [-0.1, -0.05) is 13.8 Å². The van der Waals surface area contributed by atoms with Gasteiger partial charge in [-0.05, 0) is 26.2 Å². The smallest absolute Gasteiger partial charge is 0.245 e. The second-order valence-corrected chi connectivity index (χ2v) is 6.72. The molecule has 1 rings (SSSR count). The summed E-state index contributed by atoms with van der Waals surface area (Å²) in [5.41, 5.74) is 0. The highest BCUT2D eigenvalue weighted by Crippen LogP contribution is 2.12. The normalized spacial score (nSPS) is 27.5. The summed E-state index contributed by atoms with van der Waals surface area (Å²) in [6, 6.07) is -2.19. The molecule has 2 N–H and O–H groups in total. The van der Waals surface area contributed by atoms with Gasteiger partial charge in [0.1, 0.15) is 18.1 Å². The van der Waals surface area contributed by atoms with Crippen LogP contribution in [0, 0.1) is 5.92 Å². The molecule has 1 fully saturated rings. The minimum Gasteiger partial charge on any atom is -0.345 e. The molecule has 136 valence electrons. The van der Waals surface area contributed by atoms with Crippen LogP contribution in [0.15, 0.2) is 0 Å². The van der Waals surface area contributed by atoms with Gasteiger partial charge in [-0.15, -0.1) is 0 Å². The predicted molar refractivity (Wildman–Crippen MR) is 88.9 cm³/mol. The maximum absolute atomic E-state index is 12.7. The predicted octanol–water partition coefficient (Wildman–Crippen LogP) is -0.659. The van der Waals surface area contributed by atoms with Crippen LogP contribution in [0.5, 0.6) is 0 Å². The standard InChI is InChI=1S/C16H28N4O4/c1-9(2)7-12-16(24)20(6)11(4)15(23)19(5)10(3)14(22)17-8-13(21)18-12/h9-12H,7-8H2,1-6H3,(H,17,22)(H,18,21)/t10-,11+,12+/m1/s1. The molecule has 1 heterocycles. The van der Waals surface area contributed by atoms with E-state index < -0.39 is 29.9 Å². The minimum absolute atomic E-state index is 0.184. The number of hydrogen-bond donors (Lipinski definition) is 2. The van der Waals surface area contributed by atoms with Crippen molar-refractivity contribution in [3.05, 3.63) is 0 Å². The average Bonchev–Trinajstić information content (AvgIpc) is 2.53. The first-order chi connectivity index (χ1) is 11.1. The second-order valence-electron chi connectivity index (χ2n) is 6.72. The maximum atomic E-state index is 12.7. The van der Waals surface area contributed by atoms with Gasteiger partial charge in [-0.2, -0.15) is 0 Å². The summed E-state index contributed by atoms with van der Waals surface area (Å²) in [5, 5.41) is 5.15. The van der Waals surface area contributed by atoms with Gasteiger partial charge in [0.25, 0.3) is 0 Å². The van der Waals surface area contributed by atoms with Crippen LogP contribution >= 0.6 is 0 Å². The molecule has 0 saturated carbocycles. The van der Waals surface area contributed by atoms with Crippen LogP contribution < -0.4 is 10.6 Å². The Bertz CT molecular complexity index is 520. The zero-order valence-corrected chi connectivity index (χ0v) is 15.3. The number of hydrogen-bond acceptors (Lipinski definition) is 4. The lowest BCUT2D eigenvalue weighted by Gasteiger charge is -2.34. The summed E-state index contributed by atoms with van der Waals surface area (Å²) in [6.45, 7) is 6.85. The fourth-order valence-electron chi connectivity index (χ4n) is 2.52. The van der Waals surface area contributed by atoms with Crippen LogP contribution in [0.4, 0.5) is 0 Å². The van der Waals surface area contributed by atoms with Crippen LogP contribution in [0.2, 0.25) is 0 Å². The quantitative estimate of drug-likeness (QED) is 0.697. The Kier molecular flexibility index (Phi) is 6.74. The van der Waals surface area contributed by atoms with E-state index in [1.54, 1.807) is 13.8 Å². The second kappa shape index (κ2) is 8.12. The maximum Gasteiger partial charge on any atom is 0.245 e. The SMILES string of the molecule is CC(C)C[C@@H]1NC(=O)CNC(=O)[C@@H](C)N(C)C(=O)[C@H](C)N(C)C1=O. The topological polar surface area (TPSA) is 98.8 Å². The van der Waals surface area contributed by atoms with Gasteiger partial charge in [-0.3, -0.25) is 19.2 Å². The lowest BCUT2D eigenvalue weighted by molar-refractivity contribution is -0.148. The lowest BCUT2D eigenvalue weighted by atomic mass is 10.0. The Hall–Kier alpha value is -2.12. The first kappa shape index (κ1) is 19.9. The fraction of sp³-hybridized carbons (Fsp3) is 0.750. The minimum atomic E-state index is -0.734. The number of rotatable bonds is 2. The van der Waals surface area contributed by atoms with Crippen molar-refractivity contribution in [3.8, 4) is 0 Å². The highest BCUT2D eigenvalue weighted by molar-refractivity contribution is 5.96. The van der Waals surface area contributed by atoms with Gasteiger partial charge in [0.2, 0.25) is 23.6 Å². The Labute approximate surface area is 142 Å². The molecule has 3 atom stereocenters. The van der Waals surface area contributed by atoms with E-state index in [4.69, 9.17) is 0 Å². The molecule has 0 unspecified atom stereocenters. The number of amides is 4. The van der Waals surface area contributed by atoms with Crippen LogP contribution in [-0.4, -0.2) is 72.2 Å². The van der Waals surface area contributed by atoms with Crippen molar-refractivity contribution >= 4 is 23.6 Å². The van der Waals surface area contributed by atoms with E-state index in [0.717, 1.165) is 0 Å². The highest BCUT2D eigenvalue weighted by Gasteiger charge is 2.34. The molecule has 1 aliphatic heterocycles. The largest absolute Gasteiger partial charge is 0.345 e.